The number of cyclic esters (lactones) is 1. The highest BCUT2D eigenvalue weighted by Gasteiger charge is 2.31. The van der Waals surface area contributed by atoms with Crippen LogP contribution >= 0.6 is 0 Å². The van der Waals surface area contributed by atoms with Crippen molar-refractivity contribution in [2.45, 2.75) is 19.6 Å². The molecule has 0 aromatic heterocycles. The van der Waals surface area contributed by atoms with Crippen LogP contribution in [0.1, 0.15) is 12.5 Å². The van der Waals surface area contributed by atoms with E-state index in [0.29, 0.717) is 6.54 Å². The number of morpholine rings is 1. The zero-order valence-electron chi connectivity index (χ0n) is 9.05. The molecule has 0 N–H and O–H groups in total. The van der Waals surface area contributed by atoms with Gasteiger partial charge in [-0.2, -0.15) is 0 Å². The molecule has 1 aromatic carbocycles. The Morgan fingerprint density at radius 3 is 2.69 bits per heavy atom. The smallest absolute Gasteiger partial charge is 0.326 e. The van der Waals surface area contributed by atoms with Gasteiger partial charge in [0.25, 0.3) is 5.91 Å². The number of rotatable bonds is 2. The average Bonchev–Trinajstić information content (AvgIpc) is 2.27. The van der Waals surface area contributed by atoms with Crippen molar-refractivity contribution >= 4 is 11.9 Å². The van der Waals surface area contributed by atoms with Crippen LogP contribution in [0.15, 0.2) is 30.3 Å². The Bertz CT molecular complexity index is 402. The summed E-state index contributed by atoms with van der Waals surface area (Å²) in [5, 5.41) is 0. The van der Waals surface area contributed by atoms with E-state index in [9.17, 15) is 9.59 Å². The van der Waals surface area contributed by atoms with E-state index >= 15 is 0 Å². The summed E-state index contributed by atoms with van der Waals surface area (Å²) in [4.78, 5) is 24.4. The lowest BCUT2D eigenvalue weighted by atomic mass is 10.2. The zero-order chi connectivity index (χ0) is 11.5. The predicted molar refractivity (Wildman–Crippen MR) is 57.4 cm³/mol. The third-order valence-electron chi connectivity index (χ3n) is 2.50. The molecule has 1 amide bonds. The molecular formula is C12H13NO3. The minimum absolute atomic E-state index is 0.0397. The van der Waals surface area contributed by atoms with E-state index in [2.05, 4.69) is 0 Å². The van der Waals surface area contributed by atoms with Gasteiger partial charge in [0.1, 0.15) is 6.54 Å². The van der Waals surface area contributed by atoms with Crippen molar-refractivity contribution < 1.29 is 14.3 Å². The SMILES string of the molecule is CC1OC(=O)CN(Cc2ccccc2)C1=O. The summed E-state index contributed by atoms with van der Waals surface area (Å²) in [6.07, 6.45) is -0.662. The molecular weight excluding hydrogens is 206 g/mol. The van der Waals surface area contributed by atoms with Gasteiger partial charge in [-0.3, -0.25) is 9.59 Å². The molecule has 1 aliphatic heterocycles. The molecule has 0 radical (unpaired) electrons. The maximum Gasteiger partial charge on any atom is 0.326 e. The Balaban J connectivity index is 2.09. The van der Waals surface area contributed by atoms with E-state index in [0.717, 1.165) is 5.56 Å². The highest BCUT2D eigenvalue weighted by molar-refractivity contribution is 5.90. The van der Waals surface area contributed by atoms with Crippen LogP contribution in [0.3, 0.4) is 0 Å². The van der Waals surface area contributed by atoms with Crippen LogP contribution in [-0.4, -0.2) is 29.4 Å². The molecule has 16 heavy (non-hydrogen) atoms. The number of benzene rings is 1. The molecule has 1 heterocycles. The lowest BCUT2D eigenvalue weighted by Crippen LogP contribution is -2.48. The lowest BCUT2D eigenvalue weighted by Gasteiger charge is -2.29. The maximum absolute atomic E-state index is 11.7. The molecule has 1 unspecified atom stereocenters. The summed E-state index contributed by atoms with van der Waals surface area (Å²) in [7, 11) is 0. The molecule has 1 aromatic rings. The van der Waals surface area contributed by atoms with Crippen LogP contribution in [0.25, 0.3) is 0 Å². The second-order valence-electron chi connectivity index (χ2n) is 3.81. The van der Waals surface area contributed by atoms with Crippen LogP contribution in [0, 0.1) is 0 Å². The lowest BCUT2D eigenvalue weighted by molar-refractivity contribution is -0.170. The van der Waals surface area contributed by atoms with Crippen LogP contribution in [-0.2, 0) is 20.9 Å². The minimum atomic E-state index is -0.662. The van der Waals surface area contributed by atoms with E-state index < -0.39 is 6.10 Å². The Morgan fingerprint density at radius 2 is 2.00 bits per heavy atom. The van der Waals surface area contributed by atoms with Gasteiger partial charge in [-0.25, -0.2) is 0 Å². The van der Waals surface area contributed by atoms with Gasteiger partial charge in [0, 0.05) is 6.54 Å². The monoisotopic (exact) mass is 219 g/mol. The van der Waals surface area contributed by atoms with Gasteiger partial charge >= 0.3 is 5.97 Å². The third-order valence-corrected chi connectivity index (χ3v) is 2.50. The standard InChI is InChI=1S/C12H13NO3/c1-9-12(15)13(8-11(14)16-9)7-10-5-3-2-4-6-10/h2-6,9H,7-8H2,1H3. The van der Waals surface area contributed by atoms with Crippen LogP contribution in [0.2, 0.25) is 0 Å². The number of carbonyl (C=O) groups excluding carboxylic acids is 2. The summed E-state index contributed by atoms with van der Waals surface area (Å²) >= 11 is 0. The maximum atomic E-state index is 11.7. The fourth-order valence-corrected chi connectivity index (χ4v) is 1.71. The predicted octanol–water partition coefficient (Wildman–Crippen LogP) is 0.960. The average molecular weight is 219 g/mol. The van der Waals surface area contributed by atoms with Crippen LogP contribution in [0.5, 0.6) is 0 Å². The molecule has 1 saturated heterocycles. The number of amides is 1. The van der Waals surface area contributed by atoms with Crippen molar-refractivity contribution in [1.29, 1.82) is 0 Å². The molecule has 1 fully saturated rings. The van der Waals surface area contributed by atoms with Gasteiger partial charge in [-0.15, -0.1) is 0 Å². The molecule has 0 aliphatic carbocycles. The number of nitrogens with zero attached hydrogens (tertiary/aromatic N) is 1. The molecule has 4 nitrogen and oxygen atoms in total. The molecule has 84 valence electrons. The van der Waals surface area contributed by atoms with E-state index in [1.165, 1.54) is 4.90 Å². The summed E-state index contributed by atoms with van der Waals surface area (Å²) in [6, 6.07) is 9.59. The van der Waals surface area contributed by atoms with Gasteiger partial charge in [-0.05, 0) is 12.5 Å². The largest absolute Gasteiger partial charge is 0.451 e. The summed E-state index contributed by atoms with van der Waals surface area (Å²) in [5.41, 5.74) is 1.01. The first-order valence-electron chi connectivity index (χ1n) is 5.19. The van der Waals surface area contributed by atoms with Crippen molar-refractivity contribution in [2.24, 2.45) is 0 Å². The summed E-state index contributed by atoms with van der Waals surface area (Å²) < 4.78 is 4.84. The number of hydrogen-bond acceptors (Lipinski definition) is 3. The quantitative estimate of drug-likeness (QED) is 0.696. The molecule has 1 aliphatic rings. The summed E-state index contributed by atoms with van der Waals surface area (Å²) in [6.45, 7) is 2.09. The molecule has 0 saturated carbocycles. The minimum Gasteiger partial charge on any atom is -0.451 e. The van der Waals surface area contributed by atoms with Crippen LogP contribution < -0.4 is 0 Å². The summed E-state index contributed by atoms with van der Waals surface area (Å²) in [5.74, 6) is -0.480. The van der Waals surface area contributed by atoms with Gasteiger partial charge in [0.15, 0.2) is 6.10 Å². The molecule has 0 bridgehead atoms. The number of hydrogen-bond donors (Lipinski definition) is 0. The van der Waals surface area contributed by atoms with Crippen LogP contribution in [0.4, 0.5) is 0 Å². The first-order valence-corrected chi connectivity index (χ1v) is 5.19. The molecule has 0 spiro atoms. The highest BCUT2D eigenvalue weighted by Crippen LogP contribution is 2.12. The van der Waals surface area contributed by atoms with Gasteiger partial charge in [0.05, 0.1) is 0 Å². The first kappa shape index (κ1) is 10.7. The third kappa shape index (κ3) is 2.21. The van der Waals surface area contributed by atoms with Gasteiger partial charge in [0.2, 0.25) is 0 Å². The Kier molecular flexibility index (Phi) is 2.90. The van der Waals surface area contributed by atoms with Crippen molar-refractivity contribution in [3.05, 3.63) is 35.9 Å². The number of ether oxygens (including phenoxy) is 1. The second kappa shape index (κ2) is 4.35. The first-order chi connectivity index (χ1) is 7.66. The Morgan fingerprint density at radius 1 is 1.31 bits per heavy atom. The normalized spacial score (nSPS) is 20.8. The van der Waals surface area contributed by atoms with E-state index in [1.54, 1.807) is 6.92 Å². The topological polar surface area (TPSA) is 46.6 Å². The molecule has 4 heteroatoms. The van der Waals surface area contributed by atoms with Crippen molar-refractivity contribution in [3.63, 3.8) is 0 Å². The van der Waals surface area contributed by atoms with Crippen molar-refractivity contribution in [3.8, 4) is 0 Å². The van der Waals surface area contributed by atoms with E-state index in [1.807, 2.05) is 30.3 Å². The highest BCUT2D eigenvalue weighted by atomic mass is 16.6. The fourth-order valence-electron chi connectivity index (χ4n) is 1.71. The zero-order valence-corrected chi connectivity index (χ0v) is 9.05. The van der Waals surface area contributed by atoms with Gasteiger partial charge < -0.3 is 9.64 Å². The number of carbonyl (C=O) groups is 2. The van der Waals surface area contributed by atoms with E-state index in [4.69, 9.17) is 4.74 Å². The number of esters is 1. The van der Waals surface area contributed by atoms with Crippen molar-refractivity contribution in [2.75, 3.05) is 6.54 Å². The molecule has 1 atom stereocenters. The molecule has 2 rings (SSSR count). The van der Waals surface area contributed by atoms with Crippen molar-refractivity contribution in [1.82, 2.24) is 4.90 Å². The second-order valence-corrected chi connectivity index (χ2v) is 3.81. The Hall–Kier alpha value is -1.84. The van der Waals surface area contributed by atoms with E-state index in [-0.39, 0.29) is 18.4 Å². The van der Waals surface area contributed by atoms with Gasteiger partial charge in [-0.1, -0.05) is 30.3 Å². The fraction of sp³-hybridized carbons (Fsp3) is 0.333. The Labute approximate surface area is 93.8 Å².